The number of nitro benzene ring substituents is 1. The van der Waals surface area contributed by atoms with Gasteiger partial charge in [-0.2, -0.15) is 0 Å². The van der Waals surface area contributed by atoms with Gasteiger partial charge in [0.1, 0.15) is 0 Å². The minimum atomic E-state index is -0.509. The number of nitro groups is 1. The van der Waals surface area contributed by atoms with Gasteiger partial charge in [-0.3, -0.25) is 14.9 Å². The number of hydrogen-bond donors (Lipinski definition) is 2. The molecule has 1 saturated heterocycles. The van der Waals surface area contributed by atoms with Crippen LogP contribution in [0.2, 0.25) is 0 Å². The highest BCUT2D eigenvalue weighted by Gasteiger charge is 2.19. The van der Waals surface area contributed by atoms with Gasteiger partial charge >= 0.3 is 0 Å². The minimum absolute atomic E-state index is 0.0971. The number of hydrogen-bond acceptors (Lipinski definition) is 5. The van der Waals surface area contributed by atoms with Crippen LogP contribution in [0.25, 0.3) is 0 Å². The molecular weight excluding hydrogens is 274 g/mol. The average molecular weight is 293 g/mol. The molecule has 0 bridgehead atoms. The number of anilines is 1. The van der Waals surface area contributed by atoms with Crippen LogP contribution in [0.15, 0.2) is 18.2 Å². The van der Waals surface area contributed by atoms with E-state index in [-0.39, 0.29) is 17.2 Å². The number of rotatable bonds is 5. The van der Waals surface area contributed by atoms with Gasteiger partial charge in [-0.15, -0.1) is 0 Å². The molecule has 2 rings (SSSR count). The molecule has 0 aromatic heterocycles. The molecule has 1 aliphatic heterocycles. The highest BCUT2D eigenvalue weighted by Crippen LogP contribution is 2.22. The molecule has 21 heavy (non-hydrogen) atoms. The summed E-state index contributed by atoms with van der Waals surface area (Å²) in [4.78, 5) is 22.5. The fraction of sp³-hybridized carbons (Fsp3) is 0.500. The normalized spacial score (nSPS) is 18.0. The SMILES string of the molecule is CNc1ccc([N+](=O)[O-])cc1C(=O)NCC1CCCOC1. The summed E-state index contributed by atoms with van der Waals surface area (Å²) in [5.41, 5.74) is 0.751. The first kappa shape index (κ1) is 15.2. The molecule has 0 radical (unpaired) electrons. The Hall–Kier alpha value is -2.15. The molecule has 1 fully saturated rings. The smallest absolute Gasteiger partial charge is 0.270 e. The van der Waals surface area contributed by atoms with E-state index in [9.17, 15) is 14.9 Å². The minimum Gasteiger partial charge on any atom is -0.387 e. The Bertz CT molecular complexity index is 527. The second-order valence-electron chi connectivity index (χ2n) is 5.03. The summed E-state index contributed by atoms with van der Waals surface area (Å²) >= 11 is 0. The Morgan fingerprint density at radius 3 is 2.95 bits per heavy atom. The lowest BCUT2D eigenvalue weighted by Gasteiger charge is -2.22. The van der Waals surface area contributed by atoms with Crippen LogP contribution in [0.4, 0.5) is 11.4 Å². The third kappa shape index (κ3) is 3.91. The number of ether oxygens (including phenoxy) is 1. The maximum absolute atomic E-state index is 12.2. The zero-order valence-corrected chi connectivity index (χ0v) is 11.9. The number of carbonyl (C=O) groups excluding carboxylic acids is 1. The standard InChI is InChI=1S/C14H19N3O4/c1-15-13-5-4-11(17(19)20)7-12(13)14(18)16-8-10-3-2-6-21-9-10/h4-5,7,10,15H,2-3,6,8-9H2,1H3,(H,16,18). The summed E-state index contributed by atoms with van der Waals surface area (Å²) in [5, 5.41) is 16.5. The molecule has 1 unspecified atom stereocenters. The Kier molecular flexibility index (Phi) is 5.10. The number of carbonyl (C=O) groups is 1. The van der Waals surface area contributed by atoms with E-state index in [1.165, 1.54) is 18.2 Å². The van der Waals surface area contributed by atoms with Gasteiger partial charge in [0.15, 0.2) is 0 Å². The molecule has 1 atom stereocenters. The molecule has 0 saturated carbocycles. The molecule has 1 aromatic rings. The van der Waals surface area contributed by atoms with Crippen molar-refractivity contribution in [2.75, 3.05) is 32.1 Å². The predicted molar refractivity (Wildman–Crippen MR) is 78.5 cm³/mol. The van der Waals surface area contributed by atoms with Crippen LogP contribution in [0, 0.1) is 16.0 Å². The van der Waals surface area contributed by atoms with Crippen molar-refractivity contribution in [1.29, 1.82) is 0 Å². The third-order valence-electron chi connectivity index (χ3n) is 3.53. The summed E-state index contributed by atoms with van der Waals surface area (Å²) in [7, 11) is 1.67. The Morgan fingerprint density at radius 1 is 1.52 bits per heavy atom. The lowest BCUT2D eigenvalue weighted by atomic mass is 10.0. The molecule has 1 aromatic carbocycles. The highest BCUT2D eigenvalue weighted by molar-refractivity contribution is 6.00. The number of amides is 1. The second kappa shape index (κ2) is 7.03. The van der Waals surface area contributed by atoms with Crippen LogP contribution >= 0.6 is 0 Å². The maximum Gasteiger partial charge on any atom is 0.270 e. The van der Waals surface area contributed by atoms with Gasteiger partial charge in [-0.25, -0.2) is 0 Å². The van der Waals surface area contributed by atoms with Gasteiger partial charge < -0.3 is 15.4 Å². The lowest BCUT2D eigenvalue weighted by Crippen LogP contribution is -2.33. The molecule has 2 N–H and O–H groups in total. The number of nitrogens with one attached hydrogen (secondary N) is 2. The monoisotopic (exact) mass is 293 g/mol. The van der Waals surface area contributed by atoms with Crippen LogP contribution in [0.1, 0.15) is 23.2 Å². The van der Waals surface area contributed by atoms with E-state index in [4.69, 9.17) is 4.74 Å². The molecule has 0 spiro atoms. The Balaban J connectivity index is 2.06. The van der Waals surface area contributed by atoms with Crippen molar-refractivity contribution in [2.24, 2.45) is 5.92 Å². The molecule has 1 aliphatic rings. The first-order chi connectivity index (χ1) is 10.1. The van der Waals surface area contributed by atoms with Gasteiger partial charge in [0.25, 0.3) is 11.6 Å². The van der Waals surface area contributed by atoms with E-state index in [1.54, 1.807) is 7.05 Å². The number of benzene rings is 1. The maximum atomic E-state index is 12.2. The molecular formula is C14H19N3O4. The molecule has 0 aliphatic carbocycles. The van der Waals surface area contributed by atoms with Crippen LogP contribution in [0.5, 0.6) is 0 Å². The summed E-state index contributed by atoms with van der Waals surface area (Å²) in [6.45, 7) is 1.94. The van der Waals surface area contributed by atoms with Crippen molar-refractivity contribution in [2.45, 2.75) is 12.8 Å². The Morgan fingerprint density at radius 2 is 2.33 bits per heavy atom. The van der Waals surface area contributed by atoms with Crippen molar-refractivity contribution in [3.63, 3.8) is 0 Å². The van der Waals surface area contributed by atoms with E-state index >= 15 is 0 Å². The summed E-state index contributed by atoms with van der Waals surface area (Å²) in [6.07, 6.45) is 2.02. The van der Waals surface area contributed by atoms with Crippen LogP contribution in [0.3, 0.4) is 0 Å². The molecule has 7 heteroatoms. The van der Waals surface area contributed by atoms with Gasteiger partial charge in [0.05, 0.1) is 17.1 Å². The topological polar surface area (TPSA) is 93.5 Å². The lowest BCUT2D eigenvalue weighted by molar-refractivity contribution is -0.384. The van der Waals surface area contributed by atoms with Gasteiger partial charge in [0.2, 0.25) is 0 Å². The fourth-order valence-corrected chi connectivity index (χ4v) is 2.35. The van der Waals surface area contributed by atoms with Gasteiger partial charge in [-0.1, -0.05) is 0 Å². The average Bonchev–Trinajstić information content (AvgIpc) is 2.52. The number of nitrogens with zero attached hydrogens (tertiary/aromatic N) is 1. The van der Waals surface area contributed by atoms with Crippen LogP contribution < -0.4 is 10.6 Å². The second-order valence-corrected chi connectivity index (χ2v) is 5.03. The first-order valence-corrected chi connectivity index (χ1v) is 6.94. The zero-order valence-electron chi connectivity index (χ0n) is 11.9. The van der Waals surface area contributed by atoms with E-state index in [2.05, 4.69) is 10.6 Å². The zero-order chi connectivity index (χ0) is 15.2. The van der Waals surface area contributed by atoms with Gasteiger partial charge in [-0.05, 0) is 24.8 Å². The van der Waals surface area contributed by atoms with Crippen molar-refractivity contribution >= 4 is 17.3 Å². The third-order valence-corrected chi connectivity index (χ3v) is 3.53. The van der Waals surface area contributed by atoms with Crippen LogP contribution in [-0.2, 0) is 4.74 Å². The molecule has 7 nitrogen and oxygen atoms in total. The summed E-state index contributed by atoms with van der Waals surface area (Å²) in [5.74, 6) is -0.00643. The Labute approximate surface area is 122 Å². The molecule has 114 valence electrons. The summed E-state index contributed by atoms with van der Waals surface area (Å²) < 4.78 is 5.36. The van der Waals surface area contributed by atoms with E-state index < -0.39 is 4.92 Å². The predicted octanol–water partition coefficient (Wildman–Crippen LogP) is 1.79. The quantitative estimate of drug-likeness (QED) is 0.637. The van der Waals surface area contributed by atoms with E-state index in [0.29, 0.717) is 24.8 Å². The molecule has 1 amide bonds. The summed E-state index contributed by atoms with van der Waals surface area (Å²) in [6, 6.07) is 4.20. The van der Waals surface area contributed by atoms with Crippen molar-refractivity contribution in [3.8, 4) is 0 Å². The largest absolute Gasteiger partial charge is 0.387 e. The van der Waals surface area contributed by atoms with Crippen molar-refractivity contribution in [3.05, 3.63) is 33.9 Å². The van der Waals surface area contributed by atoms with Gasteiger partial charge in [0, 0.05) is 38.0 Å². The van der Waals surface area contributed by atoms with E-state index in [1.807, 2.05) is 0 Å². The first-order valence-electron chi connectivity index (χ1n) is 6.94. The van der Waals surface area contributed by atoms with Crippen molar-refractivity contribution in [1.82, 2.24) is 5.32 Å². The fourth-order valence-electron chi connectivity index (χ4n) is 2.35. The van der Waals surface area contributed by atoms with E-state index in [0.717, 1.165) is 19.4 Å². The number of non-ortho nitro benzene ring substituents is 1. The van der Waals surface area contributed by atoms with Crippen LogP contribution in [-0.4, -0.2) is 37.6 Å². The molecule has 1 heterocycles. The highest BCUT2D eigenvalue weighted by atomic mass is 16.6. The van der Waals surface area contributed by atoms with Crippen molar-refractivity contribution < 1.29 is 14.5 Å².